The number of aliphatic hydroxyl groups excluding tert-OH is 1. The summed E-state index contributed by atoms with van der Waals surface area (Å²) < 4.78 is -1.40. The van der Waals surface area contributed by atoms with Crippen molar-refractivity contribution in [2.45, 2.75) is 12.5 Å². The lowest BCUT2D eigenvalue weighted by molar-refractivity contribution is 0.295. The van der Waals surface area contributed by atoms with E-state index in [1.165, 1.54) is 0 Å². The van der Waals surface area contributed by atoms with Gasteiger partial charge in [-0.05, 0) is 12.5 Å². The molecule has 0 unspecified atom stereocenters. The Labute approximate surface area is 73.6 Å². The monoisotopic (exact) mass is 324 g/mol. The maximum Gasteiger partial charge on any atom is 0.267 e. The van der Waals surface area contributed by atoms with Gasteiger partial charge >= 0.3 is 0 Å². The summed E-state index contributed by atoms with van der Waals surface area (Å²) in [5, 5.41) is 8.39. The van der Waals surface area contributed by atoms with Crippen LogP contribution in [-0.2, 0) is 0 Å². The van der Waals surface area contributed by atoms with Gasteiger partial charge in [0.1, 0.15) is 0 Å². The van der Waals surface area contributed by atoms with Gasteiger partial charge in [0.05, 0.1) is 0 Å². The van der Waals surface area contributed by atoms with Gasteiger partial charge in [-0.15, -0.1) is 0 Å². The van der Waals surface area contributed by atoms with Gasteiger partial charge in [-0.1, -0.05) is 45.9 Å². The molecule has 0 aliphatic carbocycles. The fourth-order valence-corrected chi connectivity index (χ4v) is 3.36. The topological polar surface area (TPSA) is 20.2 Å². The molecule has 0 amide bonds. The lowest BCUT2D eigenvalue weighted by atomic mass is 10.5. The normalized spacial score (nSPS) is 12.0. The van der Waals surface area contributed by atoms with E-state index in [0.29, 0.717) is 0 Å². The van der Waals surface area contributed by atoms with Gasteiger partial charge in [-0.25, -0.2) is 0 Å². The maximum atomic E-state index is 8.39. The summed E-state index contributed by atoms with van der Waals surface area (Å²) >= 11 is 10.3. The molecule has 0 aromatic rings. The highest BCUT2D eigenvalue weighted by atomic mass is 80.0. The van der Waals surface area contributed by atoms with Crippen molar-refractivity contribution in [3.05, 3.63) is 0 Å². The lowest BCUT2D eigenvalue weighted by Crippen LogP contribution is -2.05. The van der Waals surface area contributed by atoms with Gasteiger partial charge < -0.3 is 5.11 Å². The summed E-state index contributed by atoms with van der Waals surface area (Å²) in [5.74, 6) is 0. The van der Waals surface area contributed by atoms with Gasteiger partial charge in [0.15, 0.2) is 0 Å². The third kappa shape index (κ3) is 7.62. The summed E-state index contributed by atoms with van der Waals surface area (Å²) in [5.41, 5.74) is 0. The van der Waals surface area contributed by atoms with Crippen molar-refractivity contribution < 1.29 is 5.11 Å². The van der Waals surface area contributed by atoms with Crippen molar-refractivity contribution in [1.82, 2.24) is 0 Å². The van der Waals surface area contributed by atoms with Crippen LogP contribution in [0, 0.1) is 0 Å². The Bertz CT molecular complexity index is 62.0. The second kappa shape index (κ2) is 4.44. The highest BCUT2D eigenvalue weighted by Crippen LogP contribution is 2.32. The quantitative estimate of drug-likeness (QED) is 0.624. The van der Waals surface area contributed by atoms with Crippen molar-refractivity contribution in [2.24, 2.45) is 0 Å². The second-order valence-corrected chi connectivity index (χ2v) is 24.9. The highest BCUT2D eigenvalue weighted by Gasteiger charge is 2.20. The van der Waals surface area contributed by atoms with E-state index in [2.05, 4.69) is 45.9 Å². The molecule has 0 bridgehead atoms. The Morgan fingerprint density at radius 3 is 1.88 bits per heavy atom. The van der Waals surface area contributed by atoms with E-state index >= 15 is 0 Å². The van der Waals surface area contributed by atoms with Crippen LogP contribution in [0.5, 0.6) is 0 Å². The molecule has 5 heteroatoms. The van der Waals surface area contributed by atoms with Crippen LogP contribution in [-0.4, -0.2) is 15.6 Å². The zero-order valence-corrected chi connectivity index (χ0v) is 9.96. The number of aliphatic hydroxyl groups is 1. The molecule has 50 valence electrons. The number of halogens is 3. The Balaban J connectivity index is 3.11. The average molecular weight is 327 g/mol. The molecule has 0 rings (SSSR count). The van der Waals surface area contributed by atoms with Gasteiger partial charge in [0.25, 0.3) is 3.93 Å². The smallest absolute Gasteiger partial charge is 0.267 e. The summed E-state index contributed by atoms with van der Waals surface area (Å²) in [7, 11) is 0. The maximum absolute atomic E-state index is 8.39. The average Bonchev–Trinajstić information content (AvgIpc) is 1.59. The summed E-state index contributed by atoms with van der Waals surface area (Å²) in [6, 6.07) is 1.00. The number of hydrogen-bond acceptors (Lipinski definition) is 1. The van der Waals surface area contributed by atoms with Crippen LogP contribution in [0.3, 0.4) is 0 Å². The third-order valence-electron chi connectivity index (χ3n) is 0.618. The van der Waals surface area contributed by atoms with E-state index in [1.54, 1.807) is 0 Å². The first kappa shape index (κ1) is 9.62. The Morgan fingerprint density at radius 2 is 1.75 bits per heavy atom. The molecule has 0 aromatic heterocycles. The van der Waals surface area contributed by atoms with E-state index in [4.69, 9.17) is 5.11 Å². The van der Waals surface area contributed by atoms with E-state index in [1.807, 2.05) is 0 Å². The molecular weight excluding hydrogens is 320 g/mol. The molecule has 0 spiro atoms. The first-order chi connectivity index (χ1) is 3.56. The van der Waals surface area contributed by atoms with Gasteiger partial charge in [-0.2, -0.15) is 0 Å². The molecule has 0 fully saturated rings. The predicted molar refractivity (Wildman–Crippen MR) is 49.0 cm³/mol. The van der Waals surface area contributed by atoms with Crippen LogP contribution >= 0.6 is 45.9 Å². The molecule has 0 radical (unpaired) electrons. The summed E-state index contributed by atoms with van der Waals surface area (Å²) in [6.45, 7) is 0.275. The highest BCUT2D eigenvalue weighted by molar-refractivity contribution is 9.72. The van der Waals surface area contributed by atoms with Gasteiger partial charge in [0.2, 0.25) is 0 Å². The molecule has 0 heterocycles. The lowest BCUT2D eigenvalue weighted by Gasteiger charge is -2.05. The first-order valence-corrected chi connectivity index (χ1v) is 11.2. The van der Waals surface area contributed by atoms with Crippen LogP contribution in [0.1, 0.15) is 6.42 Å². The van der Waals surface area contributed by atoms with Gasteiger partial charge in [-0.3, -0.25) is 0 Å². The molecule has 0 aliphatic heterocycles. The van der Waals surface area contributed by atoms with Crippen LogP contribution in [0.25, 0.3) is 0 Å². The van der Waals surface area contributed by atoms with Crippen LogP contribution < -0.4 is 0 Å². The minimum absolute atomic E-state index is 0.275. The minimum atomic E-state index is -1.40. The van der Waals surface area contributed by atoms with E-state index in [0.717, 1.165) is 12.5 Å². The Hall–Kier alpha value is 1.62. The third-order valence-corrected chi connectivity index (χ3v) is 5.11. The molecule has 1 N–H and O–H groups in total. The molecular formula is C3H7Br3OSi. The Kier molecular flexibility index (Phi) is 5.33. The van der Waals surface area contributed by atoms with E-state index in [-0.39, 0.29) is 6.61 Å². The standard InChI is InChI=1S/C3H7Br3OSi/c4-8(5,6)3-1-2-7/h7H,1-3H2. The van der Waals surface area contributed by atoms with Crippen molar-refractivity contribution in [3.63, 3.8) is 0 Å². The molecule has 8 heavy (non-hydrogen) atoms. The van der Waals surface area contributed by atoms with Crippen LogP contribution in [0.4, 0.5) is 0 Å². The van der Waals surface area contributed by atoms with E-state index < -0.39 is 3.93 Å². The largest absolute Gasteiger partial charge is 0.396 e. The van der Waals surface area contributed by atoms with Crippen molar-refractivity contribution >= 4 is 49.8 Å². The minimum Gasteiger partial charge on any atom is -0.396 e. The zero-order valence-electron chi connectivity index (χ0n) is 4.20. The summed E-state index contributed by atoms with van der Waals surface area (Å²) in [6.07, 6.45) is 0.855. The SMILES string of the molecule is OCCC[Si](Br)(Br)Br. The van der Waals surface area contributed by atoms with Crippen LogP contribution in [0.15, 0.2) is 0 Å². The second-order valence-electron chi connectivity index (χ2n) is 1.44. The molecule has 0 atom stereocenters. The van der Waals surface area contributed by atoms with Crippen LogP contribution in [0.2, 0.25) is 6.04 Å². The molecule has 0 saturated heterocycles. The Morgan fingerprint density at radius 1 is 1.25 bits per heavy atom. The molecule has 0 saturated carbocycles. The molecule has 0 aromatic carbocycles. The number of rotatable bonds is 3. The van der Waals surface area contributed by atoms with Gasteiger partial charge in [0, 0.05) is 6.61 Å². The zero-order chi connectivity index (χ0) is 6.62. The number of hydrogen-bond donors (Lipinski definition) is 1. The van der Waals surface area contributed by atoms with Crippen molar-refractivity contribution in [1.29, 1.82) is 0 Å². The molecule has 0 aliphatic rings. The predicted octanol–water partition coefficient (Wildman–Crippen LogP) is 2.49. The molecule has 1 nitrogen and oxygen atoms in total. The fourth-order valence-electron chi connectivity index (χ4n) is 0.280. The van der Waals surface area contributed by atoms with Crippen molar-refractivity contribution in [2.75, 3.05) is 6.61 Å². The first-order valence-electron chi connectivity index (χ1n) is 2.24. The van der Waals surface area contributed by atoms with Crippen molar-refractivity contribution in [3.8, 4) is 0 Å². The fraction of sp³-hybridized carbons (Fsp3) is 1.00. The summed E-state index contributed by atoms with van der Waals surface area (Å²) in [4.78, 5) is 0. The van der Waals surface area contributed by atoms with E-state index in [9.17, 15) is 0 Å².